The zero-order valence-corrected chi connectivity index (χ0v) is 13.0. The second-order valence-corrected chi connectivity index (χ2v) is 4.95. The Bertz CT molecular complexity index is 448. The number of nitrogens with one attached hydrogen (secondary N) is 1. The molecule has 0 aliphatic carbocycles. The van der Waals surface area contributed by atoms with Gasteiger partial charge in [0.2, 0.25) is 11.8 Å². The quantitative estimate of drug-likeness (QED) is 0.740. The lowest BCUT2D eigenvalue weighted by Crippen LogP contribution is -2.47. The molecular formula is C16H24N2O3. The van der Waals surface area contributed by atoms with Crippen molar-refractivity contribution >= 4 is 11.8 Å². The Morgan fingerprint density at radius 2 is 1.95 bits per heavy atom. The van der Waals surface area contributed by atoms with E-state index in [0.717, 1.165) is 12.0 Å². The number of benzene rings is 1. The van der Waals surface area contributed by atoms with Crippen LogP contribution >= 0.6 is 0 Å². The smallest absolute Gasteiger partial charge is 0.242 e. The van der Waals surface area contributed by atoms with Crippen molar-refractivity contribution < 1.29 is 14.3 Å². The van der Waals surface area contributed by atoms with Crippen LogP contribution in [0.15, 0.2) is 30.3 Å². The number of carbonyl (C=O) groups excluding carboxylic acids is 2. The summed E-state index contributed by atoms with van der Waals surface area (Å²) in [6.45, 7) is 4.82. The van der Waals surface area contributed by atoms with Crippen LogP contribution in [0.3, 0.4) is 0 Å². The first kappa shape index (κ1) is 17.2. The standard InChI is InChI=1S/C16H24N2O3/c1-13(16(20)17-10-7-11-21-3)18(14(2)19)12-15-8-5-4-6-9-15/h4-6,8-9,13H,7,10-12H2,1-3H3,(H,17,20)/t13-/m1/s1. The first-order valence-corrected chi connectivity index (χ1v) is 7.14. The van der Waals surface area contributed by atoms with Gasteiger partial charge in [0.05, 0.1) is 0 Å². The summed E-state index contributed by atoms with van der Waals surface area (Å²) in [6.07, 6.45) is 0.758. The number of rotatable bonds is 8. The normalized spacial score (nSPS) is 11.8. The van der Waals surface area contributed by atoms with Crippen molar-refractivity contribution in [3.05, 3.63) is 35.9 Å². The van der Waals surface area contributed by atoms with Gasteiger partial charge >= 0.3 is 0 Å². The third kappa shape index (κ3) is 5.95. The number of hydrogen-bond donors (Lipinski definition) is 1. The largest absolute Gasteiger partial charge is 0.385 e. The van der Waals surface area contributed by atoms with Gasteiger partial charge in [0.25, 0.3) is 0 Å². The van der Waals surface area contributed by atoms with Crippen LogP contribution < -0.4 is 5.32 Å². The van der Waals surface area contributed by atoms with E-state index in [2.05, 4.69) is 5.32 Å². The monoisotopic (exact) mass is 292 g/mol. The van der Waals surface area contributed by atoms with Crippen LogP contribution in [0.5, 0.6) is 0 Å². The molecule has 116 valence electrons. The summed E-state index contributed by atoms with van der Waals surface area (Å²) in [7, 11) is 1.63. The molecule has 0 aliphatic rings. The summed E-state index contributed by atoms with van der Waals surface area (Å²) in [5.41, 5.74) is 1.01. The Morgan fingerprint density at radius 1 is 1.29 bits per heavy atom. The number of methoxy groups -OCH3 is 1. The van der Waals surface area contributed by atoms with Gasteiger partial charge in [-0.05, 0) is 18.9 Å². The maximum atomic E-state index is 12.1. The maximum absolute atomic E-state index is 12.1. The second kappa shape index (κ2) is 9.13. The predicted octanol–water partition coefficient (Wildman–Crippen LogP) is 1.58. The van der Waals surface area contributed by atoms with E-state index in [1.54, 1.807) is 18.9 Å². The van der Waals surface area contributed by atoms with E-state index in [9.17, 15) is 9.59 Å². The Morgan fingerprint density at radius 3 is 2.52 bits per heavy atom. The van der Waals surface area contributed by atoms with Crippen LogP contribution in [0, 0.1) is 0 Å². The Balaban J connectivity index is 2.58. The van der Waals surface area contributed by atoms with Gasteiger partial charge in [-0.25, -0.2) is 0 Å². The fraction of sp³-hybridized carbons (Fsp3) is 0.500. The van der Waals surface area contributed by atoms with E-state index in [1.165, 1.54) is 6.92 Å². The summed E-state index contributed by atoms with van der Waals surface area (Å²) in [5.74, 6) is -0.254. The number of ether oxygens (including phenoxy) is 1. The molecule has 1 N–H and O–H groups in total. The predicted molar refractivity (Wildman–Crippen MR) is 81.6 cm³/mol. The third-order valence-corrected chi connectivity index (χ3v) is 3.27. The molecule has 5 nitrogen and oxygen atoms in total. The molecule has 1 aromatic rings. The molecule has 1 atom stereocenters. The van der Waals surface area contributed by atoms with Gasteiger partial charge in [-0.2, -0.15) is 0 Å². The highest BCUT2D eigenvalue weighted by Gasteiger charge is 2.23. The summed E-state index contributed by atoms with van der Waals surface area (Å²) in [5, 5.41) is 2.83. The zero-order valence-electron chi connectivity index (χ0n) is 13.0. The van der Waals surface area contributed by atoms with Crippen LogP contribution in [0.25, 0.3) is 0 Å². The fourth-order valence-corrected chi connectivity index (χ4v) is 2.02. The van der Waals surface area contributed by atoms with Gasteiger partial charge in [0, 0.05) is 33.7 Å². The molecule has 0 heterocycles. The average molecular weight is 292 g/mol. The minimum atomic E-state index is -0.495. The summed E-state index contributed by atoms with van der Waals surface area (Å²) in [4.78, 5) is 25.5. The molecule has 0 fully saturated rings. The number of nitrogens with zero attached hydrogens (tertiary/aromatic N) is 1. The van der Waals surface area contributed by atoms with Crippen LogP contribution in [-0.4, -0.2) is 43.0 Å². The lowest BCUT2D eigenvalue weighted by Gasteiger charge is -2.27. The van der Waals surface area contributed by atoms with E-state index >= 15 is 0 Å². The van der Waals surface area contributed by atoms with E-state index in [1.807, 2.05) is 30.3 Å². The molecular weight excluding hydrogens is 268 g/mol. The van der Waals surface area contributed by atoms with E-state index in [0.29, 0.717) is 19.7 Å². The van der Waals surface area contributed by atoms with Gasteiger partial charge in [-0.3, -0.25) is 9.59 Å². The molecule has 0 aliphatic heterocycles. The van der Waals surface area contributed by atoms with Crippen LogP contribution in [-0.2, 0) is 20.9 Å². The topological polar surface area (TPSA) is 58.6 Å². The van der Waals surface area contributed by atoms with Crippen molar-refractivity contribution in [2.24, 2.45) is 0 Å². The van der Waals surface area contributed by atoms with Crippen molar-refractivity contribution in [2.75, 3.05) is 20.3 Å². The van der Waals surface area contributed by atoms with Crippen molar-refractivity contribution in [3.8, 4) is 0 Å². The number of amides is 2. The molecule has 0 aromatic heterocycles. The lowest BCUT2D eigenvalue weighted by atomic mass is 10.1. The molecule has 0 saturated heterocycles. The van der Waals surface area contributed by atoms with Crippen LogP contribution in [0.4, 0.5) is 0 Å². The molecule has 0 radical (unpaired) electrons. The number of carbonyl (C=O) groups is 2. The molecule has 5 heteroatoms. The highest BCUT2D eigenvalue weighted by molar-refractivity contribution is 5.86. The zero-order chi connectivity index (χ0) is 15.7. The molecule has 2 amide bonds. The van der Waals surface area contributed by atoms with Gasteiger partial charge in [-0.15, -0.1) is 0 Å². The Kier molecular flexibility index (Phi) is 7.46. The van der Waals surface area contributed by atoms with Crippen molar-refractivity contribution in [2.45, 2.75) is 32.9 Å². The van der Waals surface area contributed by atoms with Gasteiger partial charge in [0.15, 0.2) is 0 Å². The van der Waals surface area contributed by atoms with Crippen molar-refractivity contribution in [1.29, 1.82) is 0 Å². The third-order valence-electron chi connectivity index (χ3n) is 3.27. The molecule has 1 rings (SSSR count). The van der Waals surface area contributed by atoms with E-state index in [4.69, 9.17) is 4.74 Å². The molecule has 21 heavy (non-hydrogen) atoms. The summed E-state index contributed by atoms with van der Waals surface area (Å²) in [6, 6.07) is 9.16. The molecule has 0 saturated carbocycles. The average Bonchev–Trinajstić information content (AvgIpc) is 2.49. The summed E-state index contributed by atoms with van der Waals surface area (Å²) < 4.78 is 4.93. The van der Waals surface area contributed by atoms with Gasteiger partial charge in [-0.1, -0.05) is 30.3 Å². The maximum Gasteiger partial charge on any atom is 0.242 e. The van der Waals surface area contributed by atoms with Gasteiger partial charge < -0.3 is 15.0 Å². The number of hydrogen-bond acceptors (Lipinski definition) is 3. The van der Waals surface area contributed by atoms with Crippen molar-refractivity contribution in [3.63, 3.8) is 0 Å². The lowest BCUT2D eigenvalue weighted by molar-refractivity contribution is -0.139. The minimum Gasteiger partial charge on any atom is -0.385 e. The van der Waals surface area contributed by atoms with Gasteiger partial charge in [0.1, 0.15) is 6.04 Å². The second-order valence-electron chi connectivity index (χ2n) is 4.95. The SMILES string of the molecule is COCCCNC(=O)[C@@H](C)N(Cc1ccccc1)C(C)=O. The van der Waals surface area contributed by atoms with Crippen LogP contribution in [0.2, 0.25) is 0 Å². The van der Waals surface area contributed by atoms with E-state index in [-0.39, 0.29) is 11.8 Å². The highest BCUT2D eigenvalue weighted by atomic mass is 16.5. The molecule has 0 bridgehead atoms. The Hall–Kier alpha value is -1.88. The first-order valence-electron chi connectivity index (χ1n) is 7.14. The minimum absolute atomic E-state index is 0.113. The van der Waals surface area contributed by atoms with Crippen LogP contribution in [0.1, 0.15) is 25.8 Å². The molecule has 1 aromatic carbocycles. The highest BCUT2D eigenvalue weighted by Crippen LogP contribution is 2.09. The molecule has 0 unspecified atom stereocenters. The molecule has 0 spiro atoms. The van der Waals surface area contributed by atoms with Crippen molar-refractivity contribution in [1.82, 2.24) is 10.2 Å². The fourth-order valence-electron chi connectivity index (χ4n) is 2.02. The Labute approximate surface area is 126 Å². The van der Waals surface area contributed by atoms with E-state index < -0.39 is 6.04 Å². The first-order chi connectivity index (χ1) is 10.1. The summed E-state index contributed by atoms with van der Waals surface area (Å²) >= 11 is 0.